The SMILES string of the molecule is CCNC(=NCC(c1ccccc1)N(CC)CC)NCCc1nnc2ccccn12. The highest BCUT2D eigenvalue weighted by Crippen LogP contribution is 2.20. The van der Waals surface area contributed by atoms with Crippen molar-refractivity contribution in [3.63, 3.8) is 0 Å². The molecule has 30 heavy (non-hydrogen) atoms. The van der Waals surface area contributed by atoms with Crippen molar-refractivity contribution in [2.45, 2.75) is 33.2 Å². The van der Waals surface area contributed by atoms with Gasteiger partial charge in [0.05, 0.1) is 12.6 Å². The summed E-state index contributed by atoms with van der Waals surface area (Å²) < 4.78 is 2.03. The van der Waals surface area contributed by atoms with Crippen LogP contribution in [0.4, 0.5) is 0 Å². The second kappa shape index (κ2) is 11.3. The number of hydrogen-bond acceptors (Lipinski definition) is 4. The van der Waals surface area contributed by atoms with Crippen molar-refractivity contribution in [2.24, 2.45) is 4.99 Å². The molecule has 0 fully saturated rings. The average molecular weight is 408 g/mol. The molecule has 1 atom stereocenters. The van der Waals surface area contributed by atoms with Crippen LogP contribution in [0.3, 0.4) is 0 Å². The molecule has 0 aliphatic heterocycles. The minimum absolute atomic E-state index is 0.261. The Balaban J connectivity index is 1.66. The van der Waals surface area contributed by atoms with Gasteiger partial charge in [-0.3, -0.25) is 14.3 Å². The summed E-state index contributed by atoms with van der Waals surface area (Å²) in [6.45, 7) is 10.7. The number of guanidine groups is 1. The Hall–Kier alpha value is -2.93. The number of nitrogens with zero attached hydrogens (tertiary/aromatic N) is 5. The zero-order valence-electron chi connectivity index (χ0n) is 18.3. The molecule has 7 nitrogen and oxygen atoms in total. The van der Waals surface area contributed by atoms with Gasteiger partial charge in [-0.25, -0.2) is 0 Å². The molecule has 160 valence electrons. The molecule has 1 aromatic carbocycles. The number of benzene rings is 1. The van der Waals surface area contributed by atoms with Crippen molar-refractivity contribution in [1.82, 2.24) is 30.1 Å². The summed E-state index contributed by atoms with van der Waals surface area (Å²) in [5, 5.41) is 15.3. The number of pyridine rings is 1. The topological polar surface area (TPSA) is 69.8 Å². The monoisotopic (exact) mass is 407 g/mol. The third-order valence-corrected chi connectivity index (χ3v) is 5.23. The van der Waals surface area contributed by atoms with Crippen LogP contribution in [-0.4, -0.2) is 58.2 Å². The molecule has 0 amide bonds. The Kier molecular flexibility index (Phi) is 8.20. The largest absolute Gasteiger partial charge is 0.357 e. The lowest BCUT2D eigenvalue weighted by atomic mass is 10.1. The maximum absolute atomic E-state index is 4.90. The van der Waals surface area contributed by atoms with Crippen LogP contribution in [0, 0.1) is 0 Å². The number of hydrogen-bond donors (Lipinski definition) is 2. The van der Waals surface area contributed by atoms with Gasteiger partial charge in [0, 0.05) is 25.7 Å². The van der Waals surface area contributed by atoms with Gasteiger partial charge in [-0.2, -0.15) is 0 Å². The standard InChI is InChI=1S/C23H33N7/c1-4-24-23(25-16-15-22-28-27-21-14-10-11-17-30(21)22)26-18-20(29(5-2)6-3)19-12-8-7-9-13-19/h7-14,17,20H,4-6,15-16,18H2,1-3H3,(H2,24,25,26). The van der Waals surface area contributed by atoms with Crippen LogP contribution in [0.25, 0.3) is 5.65 Å². The van der Waals surface area contributed by atoms with Crippen LogP contribution >= 0.6 is 0 Å². The van der Waals surface area contributed by atoms with Gasteiger partial charge >= 0.3 is 0 Å². The minimum Gasteiger partial charge on any atom is -0.357 e. The van der Waals surface area contributed by atoms with E-state index in [1.54, 1.807) is 0 Å². The number of likely N-dealkylation sites (N-methyl/N-ethyl adjacent to an activating group) is 1. The van der Waals surface area contributed by atoms with E-state index in [0.717, 1.165) is 50.0 Å². The molecular weight excluding hydrogens is 374 g/mol. The van der Waals surface area contributed by atoms with E-state index in [2.05, 4.69) is 76.8 Å². The number of nitrogens with one attached hydrogen (secondary N) is 2. The quantitative estimate of drug-likeness (QED) is 0.399. The van der Waals surface area contributed by atoms with Crippen molar-refractivity contribution < 1.29 is 0 Å². The molecule has 0 spiro atoms. The fourth-order valence-corrected chi connectivity index (χ4v) is 3.64. The molecule has 0 radical (unpaired) electrons. The summed E-state index contributed by atoms with van der Waals surface area (Å²) in [4.78, 5) is 7.35. The minimum atomic E-state index is 0.261. The number of rotatable bonds is 10. The first kappa shape index (κ1) is 21.8. The molecule has 2 N–H and O–H groups in total. The highest BCUT2D eigenvalue weighted by atomic mass is 15.2. The van der Waals surface area contributed by atoms with E-state index >= 15 is 0 Å². The van der Waals surface area contributed by atoms with Crippen molar-refractivity contribution in [3.05, 3.63) is 66.1 Å². The van der Waals surface area contributed by atoms with Gasteiger partial charge in [-0.15, -0.1) is 10.2 Å². The first-order valence-corrected chi connectivity index (χ1v) is 10.9. The fourth-order valence-electron chi connectivity index (χ4n) is 3.64. The van der Waals surface area contributed by atoms with E-state index in [9.17, 15) is 0 Å². The average Bonchev–Trinajstić information content (AvgIpc) is 3.20. The predicted molar refractivity (Wildman–Crippen MR) is 123 cm³/mol. The van der Waals surface area contributed by atoms with Crippen LogP contribution in [0.1, 0.15) is 38.2 Å². The summed E-state index contributed by atoms with van der Waals surface area (Å²) in [5.74, 6) is 1.78. The summed E-state index contributed by atoms with van der Waals surface area (Å²) in [5.41, 5.74) is 2.17. The van der Waals surface area contributed by atoms with Crippen molar-refractivity contribution in [2.75, 3.05) is 32.7 Å². The lowest BCUT2D eigenvalue weighted by Gasteiger charge is -2.29. The second-order valence-corrected chi connectivity index (χ2v) is 7.09. The Morgan fingerprint density at radius 3 is 2.50 bits per heavy atom. The summed E-state index contributed by atoms with van der Waals surface area (Å²) in [6, 6.07) is 16.8. The van der Waals surface area contributed by atoms with Crippen LogP contribution < -0.4 is 10.6 Å². The van der Waals surface area contributed by atoms with Crippen LogP contribution in [0.15, 0.2) is 59.7 Å². The molecule has 3 rings (SSSR count). The summed E-state index contributed by atoms with van der Waals surface area (Å²) in [7, 11) is 0. The van der Waals surface area contributed by atoms with Gasteiger partial charge in [-0.05, 0) is 37.7 Å². The van der Waals surface area contributed by atoms with Gasteiger partial charge in [-0.1, -0.05) is 50.2 Å². The van der Waals surface area contributed by atoms with E-state index in [-0.39, 0.29) is 6.04 Å². The Bertz CT molecular complexity index is 915. The van der Waals surface area contributed by atoms with Crippen molar-refractivity contribution >= 4 is 11.6 Å². The first-order chi connectivity index (χ1) is 14.8. The lowest BCUT2D eigenvalue weighted by Crippen LogP contribution is -2.39. The Morgan fingerprint density at radius 1 is 1.00 bits per heavy atom. The van der Waals surface area contributed by atoms with Gasteiger partial charge < -0.3 is 10.6 Å². The number of aliphatic imine (C=N–C) groups is 1. The number of aromatic nitrogens is 3. The lowest BCUT2D eigenvalue weighted by molar-refractivity contribution is 0.224. The fraction of sp³-hybridized carbons (Fsp3) is 0.435. The second-order valence-electron chi connectivity index (χ2n) is 7.09. The van der Waals surface area contributed by atoms with E-state index in [1.807, 2.05) is 28.8 Å². The predicted octanol–water partition coefficient (Wildman–Crippen LogP) is 2.91. The highest BCUT2D eigenvalue weighted by Gasteiger charge is 2.17. The van der Waals surface area contributed by atoms with Crippen LogP contribution in [0.5, 0.6) is 0 Å². The third-order valence-electron chi connectivity index (χ3n) is 5.23. The van der Waals surface area contributed by atoms with Crippen LogP contribution in [0.2, 0.25) is 0 Å². The van der Waals surface area contributed by atoms with E-state index < -0.39 is 0 Å². The molecule has 0 aliphatic rings. The van der Waals surface area contributed by atoms with Crippen molar-refractivity contribution in [1.29, 1.82) is 0 Å². The molecule has 0 saturated carbocycles. The molecule has 1 unspecified atom stereocenters. The molecule has 0 bridgehead atoms. The normalized spacial score (nSPS) is 13.0. The zero-order valence-corrected chi connectivity index (χ0v) is 18.3. The maximum atomic E-state index is 4.90. The van der Waals surface area contributed by atoms with E-state index in [4.69, 9.17) is 4.99 Å². The number of fused-ring (bicyclic) bond motifs is 1. The van der Waals surface area contributed by atoms with Gasteiger partial charge in [0.2, 0.25) is 0 Å². The first-order valence-electron chi connectivity index (χ1n) is 10.9. The van der Waals surface area contributed by atoms with Gasteiger partial charge in [0.15, 0.2) is 11.6 Å². The van der Waals surface area contributed by atoms with E-state index in [1.165, 1.54) is 5.56 Å². The molecular formula is C23H33N7. The highest BCUT2D eigenvalue weighted by molar-refractivity contribution is 5.79. The van der Waals surface area contributed by atoms with E-state index in [0.29, 0.717) is 6.54 Å². The van der Waals surface area contributed by atoms with Gasteiger partial charge in [0.25, 0.3) is 0 Å². The van der Waals surface area contributed by atoms with Crippen LogP contribution in [-0.2, 0) is 6.42 Å². The molecule has 0 saturated heterocycles. The Labute approximate surface area is 179 Å². The molecule has 2 heterocycles. The molecule has 0 aliphatic carbocycles. The smallest absolute Gasteiger partial charge is 0.191 e. The Morgan fingerprint density at radius 2 is 1.77 bits per heavy atom. The zero-order chi connectivity index (χ0) is 21.2. The molecule has 7 heteroatoms. The van der Waals surface area contributed by atoms with Crippen molar-refractivity contribution in [3.8, 4) is 0 Å². The molecule has 3 aromatic rings. The molecule has 2 aromatic heterocycles. The van der Waals surface area contributed by atoms with Gasteiger partial charge in [0.1, 0.15) is 5.82 Å². The summed E-state index contributed by atoms with van der Waals surface area (Å²) in [6.07, 6.45) is 2.77. The third kappa shape index (κ3) is 5.57. The summed E-state index contributed by atoms with van der Waals surface area (Å²) >= 11 is 0. The maximum Gasteiger partial charge on any atom is 0.191 e.